The van der Waals surface area contributed by atoms with E-state index in [4.69, 9.17) is 4.74 Å². The lowest BCUT2D eigenvalue weighted by Crippen LogP contribution is -2.38. The number of halogens is 1. The van der Waals surface area contributed by atoms with E-state index in [9.17, 15) is 0 Å². The van der Waals surface area contributed by atoms with Crippen molar-refractivity contribution in [2.75, 3.05) is 5.32 Å². The maximum Gasteiger partial charge on any atom is 0.126 e. The summed E-state index contributed by atoms with van der Waals surface area (Å²) in [5.74, 6) is 0.896. The standard InChI is InChI=1S/C13H19BrN2O/c1-12(2)7-10(13(3,4)17-12)16-11-6-5-9(14)8-15-11/h5-6,8,10H,7H2,1-4H3,(H,15,16). The first kappa shape index (κ1) is 12.8. The van der Waals surface area contributed by atoms with Gasteiger partial charge in [-0.3, -0.25) is 0 Å². The predicted molar refractivity (Wildman–Crippen MR) is 73.2 cm³/mol. The number of hydrogen-bond acceptors (Lipinski definition) is 3. The Morgan fingerprint density at radius 2 is 2.06 bits per heavy atom. The van der Waals surface area contributed by atoms with Crippen LogP contribution in [-0.2, 0) is 4.74 Å². The molecule has 17 heavy (non-hydrogen) atoms. The lowest BCUT2D eigenvalue weighted by molar-refractivity contribution is -0.0662. The Labute approximate surface area is 111 Å². The summed E-state index contributed by atoms with van der Waals surface area (Å²) in [6.07, 6.45) is 2.79. The van der Waals surface area contributed by atoms with Crippen LogP contribution in [0.4, 0.5) is 5.82 Å². The van der Waals surface area contributed by atoms with Crippen LogP contribution in [0, 0.1) is 0 Å². The first-order valence-electron chi connectivity index (χ1n) is 5.87. The van der Waals surface area contributed by atoms with Crippen LogP contribution in [0.1, 0.15) is 34.1 Å². The lowest BCUT2D eigenvalue weighted by Gasteiger charge is -2.28. The third kappa shape index (κ3) is 2.99. The van der Waals surface area contributed by atoms with Crippen LogP contribution < -0.4 is 5.32 Å². The second-order valence-electron chi connectivity index (χ2n) is 5.73. The van der Waals surface area contributed by atoms with Crippen molar-refractivity contribution < 1.29 is 4.74 Å². The van der Waals surface area contributed by atoms with Crippen molar-refractivity contribution >= 4 is 21.7 Å². The zero-order chi connectivity index (χ0) is 12.7. The number of ether oxygens (including phenoxy) is 1. The van der Waals surface area contributed by atoms with Gasteiger partial charge < -0.3 is 10.1 Å². The molecule has 3 nitrogen and oxygen atoms in total. The predicted octanol–water partition coefficient (Wildman–Crippen LogP) is 3.60. The van der Waals surface area contributed by atoms with E-state index >= 15 is 0 Å². The highest BCUT2D eigenvalue weighted by Crippen LogP contribution is 2.38. The third-order valence-corrected chi connectivity index (χ3v) is 3.59. The molecule has 1 fully saturated rings. The smallest absolute Gasteiger partial charge is 0.126 e. The maximum absolute atomic E-state index is 6.05. The van der Waals surface area contributed by atoms with E-state index in [0.717, 1.165) is 16.7 Å². The number of rotatable bonds is 2. The molecule has 0 bridgehead atoms. The highest BCUT2D eigenvalue weighted by atomic mass is 79.9. The molecule has 0 aliphatic carbocycles. The van der Waals surface area contributed by atoms with Crippen LogP contribution in [0.15, 0.2) is 22.8 Å². The molecule has 2 heterocycles. The van der Waals surface area contributed by atoms with Gasteiger partial charge >= 0.3 is 0 Å². The Morgan fingerprint density at radius 1 is 1.35 bits per heavy atom. The van der Waals surface area contributed by atoms with Crippen molar-refractivity contribution in [1.82, 2.24) is 4.98 Å². The fourth-order valence-electron chi connectivity index (χ4n) is 2.43. The van der Waals surface area contributed by atoms with Gasteiger partial charge in [0.1, 0.15) is 5.82 Å². The summed E-state index contributed by atoms with van der Waals surface area (Å²) < 4.78 is 7.04. The van der Waals surface area contributed by atoms with Crippen molar-refractivity contribution in [2.24, 2.45) is 0 Å². The normalized spacial score (nSPS) is 25.8. The molecular formula is C13H19BrN2O. The number of pyridine rings is 1. The van der Waals surface area contributed by atoms with E-state index < -0.39 is 0 Å². The molecule has 0 aromatic carbocycles. The lowest BCUT2D eigenvalue weighted by atomic mass is 9.94. The quantitative estimate of drug-likeness (QED) is 0.906. The van der Waals surface area contributed by atoms with E-state index in [-0.39, 0.29) is 17.2 Å². The molecule has 1 aliphatic heterocycles. The molecule has 0 saturated carbocycles. The molecule has 0 amide bonds. The summed E-state index contributed by atoms with van der Waals surface area (Å²) in [6.45, 7) is 8.51. The SMILES string of the molecule is CC1(C)CC(Nc2ccc(Br)cn2)C(C)(C)O1. The van der Waals surface area contributed by atoms with Crippen LogP contribution in [-0.4, -0.2) is 22.2 Å². The number of hydrogen-bond donors (Lipinski definition) is 1. The van der Waals surface area contributed by atoms with Crippen molar-refractivity contribution in [1.29, 1.82) is 0 Å². The monoisotopic (exact) mass is 298 g/mol. The summed E-state index contributed by atoms with van der Waals surface area (Å²) in [7, 11) is 0. The highest BCUT2D eigenvalue weighted by Gasteiger charge is 2.45. The van der Waals surface area contributed by atoms with Gasteiger partial charge in [0, 0.05) is 10.7 Å². The van der Waals surface area contributed by atoms with E-state index in [1.165, 1.54) is 0 Å². The molecule has 1 atom stereocenters. The minimum Gasteiger partial charge on any atom is -0.367 e. The van der Waals surface area contributed by atoms with Gasteiger partial charge in [0.25, 0.3) is 0 Å². The van der Waals surface area contributed by atoms with Gasteiger partial charge in [-0.25, -0.2) is 4.98 Å². The largest absolute Gasteiger partial charge is 0.367 e. The molecule has 1 saturated heterocycles. The van der Waals surface area contributed by atoms with Crippen LogP contribution in [0.3, 0.4) is 0 Å². The summed E-state index contributed by atoms with van der Waals surface area (Å²) in [6, 6.07) is 4.25. The molecule has 1 aromatic rings. The van der Waals surface area contributed by atoms with Crippen molar-refractivity contribution in [3.63, 3.8) is 0 Å². The van der Waals surface area contributed by atoms with Crippen LogP contribution in [0.25, 0.3) is 0 Å². The Bertz CT molecular complexity index is 400. The molecular weight excluding hydrogens is 280 g/mol. The minimum absolute atomic E-state index is 0.0729. The van der Waals surface area contributed by atoms with Gasteiger partial charge in [-0.15, -0.1) is 0 Å². The zero-order valence-electron chi connectivity index (χ0n) is 10.7. The number of nitrogens with zero attached hydrogens (tertiary/aromatic N) is 1. The van der Waals surface area contributed by atoms with Crippen LogP contribution >= 0.6 is 15.9 Å². The summed E-state index contributed by atoms with van der Waals surface area (Å²) in [5, 5.41) is 3.46. The Balaban J connectivity index is 2.11. The Morgan fingerprint density at radius 3 is 2.53 bits per heavy atom. The summed E-state index contributed by atoms with van der Waals surface area (Å²) >= 11 is 3.38. The number of nitrogens with one attached hydrogen (secondary N) is 1. The van der Waals surface area contributed by atoms with Gasteiger partial charge in [-0.1, -0.05) is 0 Å². The molecule has 2 rings (SSSR count). The molecule has 94 valence electrons. The fourth-order valence-corrected chi connectivity index (χ4v) is 2.66. The van der Waals surface area contributed by atoms with E-state index in [2.05, 4.69) is 53.9 Å². The van der Waals surface area contributed by atoms with Gasteiger partial charge in [0.15, 0.2) is 0 Å². The van der Waals surface area contributed by atoms with Gasteiger partial charge in [0.05, 0.1) is 17.2 Å². The van der Waals surface area contributed by atoms with Crippen molar-refractivity contribution in [3.05, 3.63) is 22.8 Å². The van der Waals surface area contributed by atoms with Gasteiger partial charge in [-0.2, -0.15) is 0 Å². The summed E-state index contributed by atoms with van der Waals surface area (Å²) in [5.41, 5.74) is -0.241. The van der Waals surface area contributed by atoms with E-state index in [0.29, 0.717) is 0 Å². The topological polar surface area (TPSA) is 34.2 Å². The van der Waals surface area contributed by atoms with Crippen molar-refractivity contribution in [2.45, 2.75) is 51.4 Å². The molecule has 1 unspecified atom stereocenters. The van der Waals surface area contributed by atoms with Crippen LogP contribution in [0.5, 0.6) is 0 Å². The summed E-state index contributed by atoms with van der Waals surface area (Å²) in [4.78, 5) is 4.34. The van der Waals surface area contributed by atoms with Gasteiger partial charge in [0.2, 0.25) is 0 Å². The fraction of sp³-hybridized carbons (Fsp3) is 0.615. The Kier molecular flexibility index (Phi) is 3.21. The zero-order valence-corrected chi connectivity index (χ0v) is 12.3. The molecule has 1 aliphatic rings. The third-order valence-electron chi connectivity index (χ3n) is 3.12. The first-order chi connectivity index (χ1) is 7.78. The molecule has 0 radical (unpaired) electrons. The number of aromatic nitrogens is 1. The number of anilines is 1. The van der Waals surface area contributed by atoms with E-state index in [1.54, 1.807) is 6.20 Å². The average molecular weight is 299 g/mol. The van der Waals surface area contributed by atoms with Gasteiger partial charge in [-0.05, 0) is 62.2 Å². The van der Waals surface area contributed by atoms with Crippen molar-refractivity contribution in [3.8, 4) is 0 Å². The Hall–Kier alpha value is -0.610. The second kappa shape index (κ2) is 4.25. The molecule has 0 spiro atoms. The molecule has 1 aromatic heterocycles. The molecule has 4 heteroatoms. The minimum atomic E-state index is -0.168. The van der Waals surface area contributed by atoms with E-state index in [1.807, 2.05) is 12.1 Å². The highest BCUT2D eigenvalue weighted by molar-refractivity contribution is 9.10. The molecule has 1 N–H and O–H groups in total. The first-order valence-corrected chi connectivity index (χ1v) is 6.66. The average Bonchev–Trinajstić information content (AvgIpc) is 2.38. The van der Waals surface area contributed by atoms with Crippen LogP contribution in [0.2, 0.25) is 0 Å². The maximum atomic E-state index is 6.05. The second-order valence-corrected chi connectivity index (χ2v) is 6.64.